The Morgan fingerprint density at radius 3 is 2.27 bits per heavy atom. The molecule has 0 radical (unpaired) electrons. The number of fused-ring (bicyclic) bond motifs is 2. The second-order valence-electron chi connectivity index (χ2n) is 20.0. The average Bonchev–Trinajstić information content (AvgIpc) is 3.56. The molecule has 9 unspecified atom stereocenters. The molecule has 2 spiro atoms. The summed E-state index contributed by atoms with van der Waals surface area (Å²) in [6, 6.07) is 43.1. The summed E-state index contributed by atoms with van der Waals surface area (Å²) in [5.41, 5.74) is 2.99. The molecule has 3 saturated carbocycles. The van der Waals surface area contributed by atoms with Gasteiger partial charge in [-0.1, -0.05) is 159 Å². The van der Waals surface area contributed by atoms with Gasteiger partial charge in [0.2, 0.25) is 0 Å². The number of Topliss-reactive ketones (excluding diaryl/α,β-unsaturated/α-hetero) is 1. The first kappa shape index (κ1) is 41.3. The number of carbonyl (C=O) groups is 1. The summed E-state index contributed by atoms with van der Waals surface area (Å²) < 4.78 is 6.06. The summed E-state index contributed by atoms with van der Waals surface area (Å²) in [5.74, 6) is 0.266. The van der Waals surface area contributed by atoms with E-state index in [-0.39, 0.29) is 29.6 Å². The molecule has 0 heterocycles. The van der Waals surface area contributed by atoms with Crippen LogP contribution in [0.4, 0.5) is 0 Å². The second kappa shape index (κ2) is 15.8. The van der Waals surface area contributed by atoms with Crippen molar-refractivity contribution < 1.29 is 24.9 Å². The fraction of sp³-hybridized carbons (Fsp3) is 0.411. The third-order valence-corrected chi connectivity index (χ3v) is 16.9. The number of benzene rings is 5. The summed E-state index contributed by atoms with van der Waals surface area (Å²) in [5, 5.41) is 38.7. The third-order valence-electron chi connectivity index (χ3n) is 16.9. The molecule has 2 bridgehead atoms. The molecule has 6 heteroatoms. The van der Waals surface area contributed by atoms with Gasteiger partial charge in [-0.15, -0.1) is 0 Å². The highest BCUT2D eigenvalue weighted by Crippen LogP contribution is 2.78. The van der Waals surface area contributed by atoms with Gasteiger partial charge in [-0.05, 0) is 95.2 Å². The molecule has 5 aromatic rings. The van der Waals surface area contributed by atoms with Gasteiger partial charge in [-0.3, -0.25) is 9.69 Å². The summed E-state index contributed by atoms with van der Waals surface area (Å²) >= 11 is 0. The predicted molar refractivity (Wildman–Crippen MR) is 246 cm³/mol. The van der Waals surface area contributed by atoms with E-state index >= 15 is 4.79 Å². The highest BCUT2D eigenvalue weighted by molar-refractivity contribution is 6.14. The molecule has 5 aromatic carbocycles. The number of rotatable bonds is 13. The van der Waals surface area contributed by atoms with E-state index in [1.165, 1.54) is 10.8 Å². The lowest BCUT2D eigenvalue weighted by Gasteiger charge is -2.71. The molecule has 0 aliphatic heterocycles. The maximum Gasteiger partial charge on any atom is 0.190 e. The number of ether oxygens (including phenoxy) is 1. The van der Waals surface area contributed by atoms with E-state index in [1.807, 2.05) is 66.7 Å². The molecule has 3 N–H and O–H groups in total. The molecule has 62 heavy (non-hydrogen) atoms. The number of carbonyl (C=O) groups excluding carboxylic acids is 1. The van der Waals surface area contributed by atoms with Crippen LogP contribution >= 0.6 is 0 Å². The van der Waals surface area contributed by atoms with Crippen LogP contribution in [0.15, 0.2) is 151 Å². The largest absolute Gasteiger partial charge is 0.393 e. The van der Waals surface area contributed by atoms with E-state index in [0.717, 1.165) is 59.9 Å². The Labute approximate surface area is 367 Å². The molecule has 3 fully saturated rings. The van der Waals surface area contributed by atoms with Crippen LogP contribution in [0, 0.1) is 33.5 Å². The number of ketones is 1. The average molecular weight is 828 g/mol. The SMILES string of the molecule is CC12CCC(O)CC13C=CC1(C(C(=O)c4ccccc4-c4ccccc4)=C3)C2CCC2(C)C1CCC2(O)CN(Cc1cccc2ccccc12)CC(O)COCc1ccccc1. The summed E-state index contributed by atoms with van der Waals surface area (Å²) in [7, 11) is 0. The Hall–Kier alpha value is -4.69. The number of nitrogens with zero attached hydrogens (tertiary/aromatic N) is 1. The minimum atomic E-state index is -1.09. The lowest BCUT2D eigenvalue weighted by Crippen LogP contribution is -2.67. The van der Waals surface area contributed by atoms with Crippen molar-refractivity contribution in [3.63, 3.8) is 0 Å². The van der Waals surface area contributed by atoms with Crippen LogP contribution in [0.3, 0.4) is 0 Å². The van der Waals surface area contributed by atoms with Gasteiger partial charge in [-0.25, -0.2) is 0 Å². The summed E-state index contributed by atoms with van der Waals surface area (Å²) in [6.07, 6.45) is 11.3. The zero-order valence-corrected chi connectivity index (χ0v) is 36.3. The van der Waals surface area contributed by atoms with Crippen LogP contribution in [0.5, 0.6) is 0 Å². The first-order valence-electron chi connectivity index (χ1n) is 23.0. The number of hydrogen-bond acceptors (Lipinski definition) is 6. The monoisotopic (exact) mass is 827 g/mol. The van der Waals surface area contributed by atoms with Crippen molar-refractivity contribution in [2.24, 2.45) is 33.5 Å². The van der Waals surface area contributed by atoms with E-state index < -0.39 is 34.1 Å². The molecule has 11 rings (SSSR count). The lowest BCUT2D eigenvalue weighted by atomic mass is 9.32. The zero-order valence-electron chi connectivity index (χ0n) is 36.3. The topological polar surface area (TPSA) is 90.2 Å². The highest BCUT2D eigenvalue weighted by Gasteiger charge is 2.74. The third kappa shape index (κ3) is 6.59. The number of aliphatic hydroxyl groups excluding tert-OH is 2. The molecular formula is C56H61NO5. The molecule has 6 aliphatic rings. The Bertz CT molecular complexity index is 2510. The van der Waals surface area contributed by atoms with Gasteiger partial charge < -0.3 is 20.1 Å². The molecule has 9 atom stereocenters. The number of aliphatic hydroxyl groups is 3. The van der Waals surface area contributed by atoms with E-state index in [0.29, 0.717) is 44.6 Å². The van der Waals surface area contributed by atoms with Crippen molar-refractivity contribution in [2.45, 2.75) is 89.8 Å². The first-order chi connectivity index (χ1) is 30.0. The van der Waals surface area contributed by atoms with Crippen LogP contribution in [0.2, 0.25) is 0 Å². The van der Waals surface area contributed by atoms with E-state index in [1.54, 1.807) is 0 Å². The van der Waals surface area contributed by atoms with E-state index in [4.69, 9.17) is 4.74 Å². The van der Waals surface area contributed by atoms with Crippen molar-refractivity contribution in [2.75, 3.05) is 19.7 Å². The minimum absolute atomic E-state index is 0.00889. The number of hydrogen-bond donors (Lipinski definition) is 3. The van der Waals surface area contributed by atoms with Crippen molar-refractivity contribution in [1.29, 1.82) is 0 Å². The highest BCUT2D eigenvalue weighted by atomic mass is 16.5. The molecular weight excluding hydrogens is 767 g/mol. The molecule has 0 aromatic heterocycles. The van der Waals surface area contributed by atoms with Crippen LogP contribution in [0.1, 0.15) is 80.3 Å². The first-order valence-corrected chi connectivity index (χ1v) is 23.0. The van der Waals surface area contributed by atoms with Crippen molar-refractivity contribution in [3.05, 3.63) is 168 Å². The lowest BCUT2D eigenvalue weighted by molar-refractivity contribution is -0.177. The predicted octanol–water partition coefficient (Wildman–Crippen LogP) is 10.4. The Morgan fingerprint density at radius 2 is 1.45 bits per heavy atom. The fourth-order valence-electron chi connectivity index (χ4n) is 13.8. The van der Waals surface area contributed by atoms with Gasteiger partial charge >= 0.3 is 0 Å². The summed E-state index contributed by atoms with van der Waals surface area (Å²) in [4.78, 5) is 17.9. The smallest absolute Gasteiger partial charge is 0.190 e. The molecule has 6 nitrogen and oxygen atoms in total. The van der Waals surface area contributed by atoms with Crippen LogP contribution in [0.25, 0.3) is 21.9 Å². The van der Waals surface area contributed by atoms with Crippen molar-refractivity contribution in [3.8, 4) is 11.1 Å². The molecule has 320 valence electrons. The van der Waals surface area contributed by atoms with E-state index in [9.17, 15) is 15.3 Å². The van der Waals surface area contributed by atoms with Crippen molar-refractivity contribution in [1.82, 2.24) is 4.90 Å². The zero-order chi connectivity index (χ0) is 42.7. The molecule has 0 saturated heterocycles. The summed E-state index contributed by atoms with van der Waals surface area (Å²) in [6.45, 7) is 6.65. The van der Waals surface area contributed by atoms with Gasteiger partial charge in [0.1, 0.15) is 0 Å². The number of allylic oxidation sites excluding steroid dienone is 4. The van der Waals surface area contributed by atoms with Gasteiger partial charge in [0.25, 0.3) is 0 Å². The van der Waals surface area contributed by atoms with Gasteiger partial charge in [-0.2, -0.15) is 0 Å². The van der Waals surface area contributed by atoms with Crippen LogP contribution in [-0.4, -0.2) is 63.5 Å². The fourth-order valence-corrected chi connectivity index (χ4v) is 13.8. The standard InChI is InChI=1S/C56H61NO5/c1-52-27-24-43(58)32-54(52)30-31-56(48(33-54)51(60)47-23-12-11-22-46(47)41-16-7-4-8-17-41)49(52)25-28-53(2)50(56)26-29-55(53,61)38-57(34-42-20-13-19-40-18-9-10-21-45(40)42)35-44(59)37-62-36-39-14-5-3-6-15-39/h3-23,30-31,33,43-44,49-50,58-59,61H,24-29,32,34-38H2,1-2H3. The minimum Gasteiger partial charge on any atom is -0.393 e. The maximum absolute atomic E-state index is 15.7. The molecule has 0 amide bonds. The Balaban J connectivity index is 1.01. The van der Waals surface area contributed by atoms with Gasteiger partial charge in [0.15, 0.2) is 5.78 Å². The van der Waals surface area contributed by atoms with Gasteiger partial charge in [0, 0.05) is 47.0 Å². The van der Waals surface area contributed by atoms with Crippen LogP contribution < -0.4 is 0 Å². The Morgan fingerprint density at radius 1 is 0.774 bits per heavy atom. The Kier molecular flexibility index (Phi) is 10.6. The van der Waals surface area contributed by atoms with E-state index in [2.05, 4.69) is 97.6 Å². The normalized spacial score (nSPS) is 32.5. The molecule has 6 aliphatic carbocycles. The maximum atomic E-state index is 15.7. The van der Waals surface area contributed by atoms with Crippen molar-refractivity contribution >= 4 is 16.6 Å². The van der Waals surface area contributed by atoms with Gasteiger partial charge in [0.05, 0.1) is 31.0 Å². The second-order valence-corrected chi connectivity index (χ2v) is 20.0. The van der Waals surface area contributed by atoms with Crippen LogP contribution in [-0.2, 0) is 17.9 Å². The quantitative estimate of drug-likeness (QED) is 0.0809.